The number of phenols is 2. The van der Waals surface area contributed by atoms with Crippen LogP contribution >= 0.6 is 0 Å². The van der Waals surface area contributed by atoms with E-state index in [9.17, 15) is 87.9 Å². The minimum atomic E-state index is -1.98. The van der Waals surface area contributed by atoms with E-state index in [1.165, 1.54) is 48.5 Å². The monoisotopic (exact) mass is 1130 g/mol. The highest BCUT2D eigenvalue weighted by molar-refractivity contribution is 6.00. The van der Waals surface area contributed by atoms with Crippen molar-refractivity contribution in [3.05, 3.63) is 59.7 Å². The summed E-state index contributed by atoms with van der Waals surface area (Å²) < 4.78 is 0. The summed E-state index contributed by atoms with van der Waals surface area (Å²) in [6.45, 7) is -1.44. The fourth-order valence-electron chi connectivity index (χ4n) is 8.85. The van der Waals surface area contributed by atoms with Crippen LogP contribution < -0.4 is 60.2 Å². The molecule has 0 bridgehead atoms. The maximum atomic E-state index is 14.1. The number of aromatic hydroxyl groups is 2. The van der Waals surface area contributed by atoms with E-state index >= 15 is 0 Å². The molecule has 12 amide bonds. The van der Waals surface area contributed by atoms with Crippen molar-refractivity contribution >= 4 is 77.0 Å². The van der Waals surface area contributed by atoms with Crippen molar-refractivity contribution in [1.29, 1.82) is 0 Å². The highest BCUT2D eigenvalue weighted by Gasteiger charge is 2.42. The zero-order valence-corrected chi connectivity index (χ0v) is 43.2. The second-order valence-electron chi connectivity index (χ2n) is 19.0. The van der Waals surface area contributed by atoms with Gasteiger partial charge in [0, 0.05) is 26.1 Å². The summed E-state index contributed by atoms with van der Waals surface area (Å²) in [6, 6.07) is -4.22. The molecule has 0 unspecified atom stereocenters. The lowest BCUT2D eigenvalue weighted by Gasteiger charge is -2.30. The number of carbonyl (C=O) groups is 13. The number of phenolic OH excluding ortho intramolecular Hbond substituents is 2. The van der Waals surface area contributed by atoms with Crippen LogP contribution in [-0.2, 0) is 70.4 Å². The summed E-state index contributed by atoms with van der Waals surface area (Å²) >= 11 is 0. The van der Waals surface area contributed by atoms with Gasteiger partial charge in [-0.1, -0.05) is 24.3 Å². The SMILES string of the molecule is NC(=O)C[C@H](NC(=O)[C@H](CCCNC(N)=O)NC(=O)[C@@H]1CCCN1C(=O)[C@H](CC(=O)O)NC(=O)[C@@H](N)Cc1ccc(O)cc1)C(=O)N[C@@H](CC(N)=O)C(=O)N[C@@H](CO)C(=O)N1CCC[C@H]1C(=O)N[C@@H](Cc1ccc(O)cc1)C(=O)O. The van der Waals surface area contributed by atoms with E-state index in [0.29, 0.717) is 11.1 Å². The van der Waals surface area contributed by atoms with Gasteiger partial charge in [0.25, 0.3) is 0 Å². The predicted octanol–water partition coefficient (Wildman–Crippen LogP) is -6.15. The highest BCUT2D eigenvalue weighted by atomic mass is 16.4. The van der Waals surface area contributed by atoms with Gasteiger partial charge in [-0.15, -0.1) is 0 Å². The van der Waals surface area contributed by atoms with Crippen LogP contribution in [0.1, 0.15) is 68.9 Å². The minimum absolute atomic E-state index is 0.0216. The molecule has 0 radical (unpaired) electrons. The van der Waals surface area contributed by atoms with E-state index in [4.69, 9.17) is 22.9 Å². The molecular weight excluding hydrogens is 1060 g/mol. The van der Waals surface area contributed by atoms with Gasteiger partial charge in [0.05, 0.1) is 31.9 Å². The minimum Gasteiger partial charge on any atom is -0.508 e. The fourth-order valence-corrected chi connectivity index (χ4v) is 8.85. The highest BCUT2D eigenvalue weighted by Crippen LogP contribution is 2.22. The van der Waals surface area contributed by atoms with E-state index in [1.54, 1.807) is 0 Å². The molecule has 80 heavy (non-hydrogen) atoms. The number of aliphatic hydroxyl groups is 1. The van der Waals surface area contributed by atoms with Crippen molar-refractivity contribution in [2.75, 3.05) is 26.2 Å². The molecule has 31 heteroatoms. The van der Waals surface area contributed by atoms with E-state index < -0.39 is 157 Å². The zero-order chi connectivity index (χ0) is 59.4. The van der Waals surface area contributed by atoms with Crippen molar-refractivity contribution in [3.8, 4) is 11.5 Å². The first-order chi connectivity index (χ1) is 37.8. The molecule has 2 saturated heterocycles. The number of carboxylic acid groups (broad SMARTS) is 2. The molecule has 2 fully saturated rings. The molecule has 20 N–H and O–H groups in total. The summed E-state index contributed by atoms with van der Waals surface area (Å²) in [5.41, 5.74) is 23.0. The number of likely N-dealkylation sites (tertiary alicyclic amines) is 2. The Hall–Kier alpha value is -9.13. The Morgan fingerprint density at radius 3 is 1.40 bits per heavy atom. The van der Waals surface area contributed by atoms with Gasteiger partial charge in [-0.3, -0.25) is 52.7 Å². The first-order valence-corrected chi connectivity index (χ1v) is 25.2. The number of primary amides is 3. The molecule has 2 aromatic carbocycles. The van der Waals surface area contributed by atoms with Crippen LogP contribution in [0.2, 0.25) is 0 Å². The summed E-state index contributed by atoms with van der Waals surface area (Å²) in [7, 11) is 0. The van der Waals surface area contributed by atoms with Crippen molar-refractivity contribution in [2.45, 2.75) is 125 Å². The fraction of sp³-hybridized carbons (Fsp3) is 0.490. The van der Waals surface area contributed by atoms with E-state index in [0.717, 1.165) is 9.80 Å². The van der Waals surface area contributed by atoms with Crippen molar-refractivity contribution in [2.24, 2.45) is 22.9 Å². The lowest BCUT2D eigenvalue weighted by Crippen LogP contribution is -2.61. The third-order valence-corrected chi connectivity index (χ3v) is 12.9. The topological polar surface area (TPSA) is 518 Å². The number of benzene rings is 2. The van der Waals surface area contributed by atoms with Crippen molar-refractivity contribution in [1.82, 2.24) is 47.0 Å². The Balaban J connectivity index is 1.48. The summed E-state index contributed by atoms with van der Waals surface area (Å²) in [6.07, 6.45) is -3.06. The van der Waals surface area contributed by atoms with Crippen molar-refractivity contribution < 1.29 is 87.9 Å². The number of rotatable bonds is 30. The lowest BCUT2D eigenvalue weighted by molar-refractivity contribution is -0.146. The molecule has 31 nitrogen and oxygen atoms in total. The number of nitrogens with zero attached hydrogens (tertiary/aromatic N) is 2. The van der Waals surface area contributed by atoms with Gasteiger partial charge in [-0.05, 0) is 80.3 Å². The molecule has 0 aliphatic carbocycles. The van der Waals surface area contributed by atoms with Crippen LogP contribution in [0.25, 0.3) is 0 Å². The molecule has 0 spiro atoms. The molecule has 0 aromatic heterocycles. The van der Waals surface area contributed by atoms with Crippen LogP contribution in [0.4, 0.5) is 4.79 Å². The predicted molar refractivity (Wildman–Crippen MR) is 274 cm³/mol. The third-order valence-electron chi connectivity index (χ3n) is 12.9. The second kappa shape index (κ2) is 30.1. The number of aliphatic hydroxyl groups excluding tert-OH is 1. The number of nitrogens with two attached hydrogens (primary N) is 4. The summed E-state index contributed by atoms with van der Waals surface area (Å²) in [4.78, 5) is 172. The molecule has 4 rings (SSSR count). The number of hydrogen-bond donors (Lipinski definition) is 16. The quantitative estimate of drug-likeness (QED) is 0.0324. The van der Waals surface area contributed by atoms with Crippen LogP contribution in [0, 0.1) is 0 Å². The summed E-state index contributed by atoms with van der Waals surface area (Å²) in [5.74, 6) is -14.0. The zero-order valence-electron chi connectivity index (χ0n) is 43.2. The largest absolute Gasteiger partial charge is 0.508 e. The number of nitrogens with one attached hydrogen (secondary N) is 7. The van der Waals surface area contributed by atoms with Crippen molar-refractivity contribution in [3.63, 3.8) is 0 Å². The maximum Gasteiger partial charge on any atom is 0.326 e. The molecule has 2 heterocycles. The Morgan fingerprint density at radius 1 is 0.537 bits per heavy atom. The van der Waals surface area contributed by atoms with Gasteiger partial charge in [0.2, 0.25) is 59.1 Å². The van der Waals surface area contributed by atoms with Gasteiger partial charge in [0.15, 0.2) is 0 Å². The average molecular weight is 1130 g/mol. The maximum absolute atomic E-state index is 14.1. The first kappa shape index (κ1) is 63.4. The molecule has 436 valence electrons. The van der Waals surface area contributed by atoms with Crippen LogP contribution in [0.5, 0.6) is 11.5 Å². The van der Waals surface area contributed by atoms with Gasteiger partial charge in [-0.25, -0.2) is 9.59 Å². The molecule has 2 aliphatic rings. The van der Waals surface area contributed by atoms with E-state index in [-0.39, 0.29) is 82.5 Å². The first-order valence-electron chi connectivity index (χ1n) is 25.2. The normalized spacial score (nSPS) is 17.4. The molecule has 9 atom stereocenters. The van der Waals surface area contributed by atoms with E-state index in [1.807, 2.05) is 0 Å². The molecule has 2 aliphatic heterocycles. The Kier molecular flexibility index (Phi) is 23.9. The lowest BCUT2D eigenvalue weighted by atomic mass is 10.0. The Bertz CT molecular complexity index is 2620. The smallest absolute Gasteiger partial charge is 0.326 e. The molecule has 0 saturated carbocycles. The number of carboxylic acids is 2. The Labute approximate surface area is 456 Å². The van der Waals surface area contributed by atoms with Crippen LogP contribution in [0.3, 0.4) is 0 Å². The van der Waals surface area contributed by atoms with Gasteiger partial charge >= 0.3 is 18.0 Å². The number of hydrogen-bond acceptors (Lipinski definition) is 17. The van der Waals surface area contributed by atoms with Crippen LogP contribution in [-0.4, -0.2) is 193 Å². The van der Waals surface area contributed by atoms with Crippen LogP contribution in [0.15, 0.2) is 48.5 Å². The Morgan fingerprint density at radius 2 is 0.963 bits per heavy atom. The molecule has 2 aromatic rings. The number of amides is 12. The summed E-state index contributed by atoms with van der Waals surface area (Å²) in [5, 5.41) is 65.0. The number of carbonyl (C=O) groups excluding carboxylic acids is 11. The second-order valence-corrected chi connectivity index (χ2v) is 19.0. The van der Waals surface area contributed by atoms with Gasteiger partial charge < -0.3 is 95.5 Å². The molecular formula is C49H67N13O18. The van der Waals surface area contributed by atoms with Gasteiger partial charge in [0.1, 0.15) is 59.8 Å². The standard InChI is InChI=1S/C49H67N13O18/c50-28(18-24-7-11-26(64)12-8-24)40(70)58-32(22-39(68)69)46(76)61-16-2-5-35(61)44(74)55-29(4-1-15-54-49(53)80)41(71)56-30(20-37(51)66)42(72)57-31(21-38(52)67)43(73)60-34(23-63)47(77)62-17-3-6-36(62)45(75)59-33(48(78)79)19-25-9-13-27(65)14-10-25/h7-14,28-36,63-65H,1-6,15-23,50H2,(H2,51,66)(H2,52,67)(H,55,74)(H,56,71)(H,57,72)(H,58,70)(H,59,75)(H,60,73)(H,68,69)(H,78,79)(H3,53,54,80)/t28-,29-,30-,31-,32-,33-,34-,35-,36-/m0/s1. The third kappa shape index (κ3) is 19.4. The number of aliphatic carboxylic acids is 2. The van der Waals surface area contributed by atoms with E-state index in [2.05, 4.69) is 37.2 Å². The van der Waals surface area contributed by atoms with Gasteiger partial charge in [-0.2, -0.15) is 0 Å². The number of urea groups is 1. The average Bonchev–Trinajstić information content (AvgIpc) is 4.15.